The maximum Gasteiger partial charge on any atom is 0.312 e. The van der Waals surface area contributed by atoms with Crippen molar-refractivity contribution in [2.45, 2.75) is 27.3 Å². The van der Waals surface area contributed by atoms with E-state index in [0.717, 1.165) is 5.56 Å². The molecular weight excluding hydrogens is 296 g/mol. The normalized spacial score (nSPS) is 10.9. The molecule has 0 saturated carbocycles. The van der Waals surface area contributed by atoms with Crippen molar-refractivity contribution < 1.29 is 9.34 Å². The van der Waals surface area contributed by atoms with E-state index < -0.39 is 4.92 Å². The number of aryl methyl sites for hydroxylation is 2. The van der Waals surface area contributed by atoms with Gasteiger partial charge in [0.05, 0.1) is 11.5 Å². The number of nitrogens with zero attached hydrogens (tertiary/aromatic N) is 4. The van der Waals surface area contributed by atoms with Gasteiger partial charge in [-0.25, -0.2) is 4.98 Å². The van der Waals surface area contributed by atoms with Crippen LogP contribution in [0.4, 0.5) is 5.69 Å². The van der Waals surface area contributed by atoms with Crippen LogP contribution in [0, 0.1) is 30.9 Å². The first-order chi connectivity index (χ1) is 11.0. The summed E-state index contributed by atoms with van der Waals surface area (Å²) in [7, 11) is 0. The van der Waals surface area contributed by atoms with Crippen LogP contribution in [0.15, 0.2) is 34.7 Å². The zero-order valence-electron chi connectivity index (χ0n) is 13.1. The zero-order valence-corrected chi connectivity index (χ0v) is 13.1. The number of rotatable bonds is 4. The Morgan fingerprint density at radius 2 is 1.91 bits per heavy atom. The third-order valence-corrected chi connectivity index (χ3v) is 3.74. The predicted molar refractivity (Wildman–Crippen MR) is 84.1 cm³/mol. The first kappa shape index (κ1) is 15.0. The van der Waals surface area contributed by atoms with Gasteiger partial charge in [-0.3, -0.25) is 14.8 Å². The first-order valence-corrected chi connectivity index (χ1v) is 7.17. The summed E-state index contributed by atoms with van der Waals surface area (Å²) < 4.78 is 7.30. The van der Waals surface area contributed by atoms with Gasteiger partial charge in [-0.05, 0) is 32.9 Å². The Labute approximate surface area is 132 Å². The summed E-state index contributed by atoms with van der Waals surface area (Å²) in [6, 6.07) is 9.60. The van der Waals surface area contributed by atoms with Crippen LogP contribution in [0.3, 0.4) is 0 Å². The lowest BCUT2D eigenvalue weighted by Gasteiger charge is -2.00. The minimum Gasteiger partial charge on any atom is -0.441 e. The standard InChI is InChI=1S/C16H16N4O3/c1-10-15(20(21)22)11(2)19(18-10)9-14-12(3)23-16(17-14)13-7-5-4-6-8-13/h4-8H,9H2,1-3H3. The smallest absolute Gasteiger partial charge is 0.312 e. The third-order valence-electron chi connectivity index (χ3n) is 3.74. The van der Waals surface area contributed by atoms with Crippen LogP contribution in [0.25, 0.3) is 11.5 Å². The molecule has 7 nitrogen and oxygen atoms in total. The van der Waals surface area contributed by atoms with Gasteiger partial charge in [0, 0.05) is 5.56 Å². The Kier molecular flexibility index (Phi) is 3.69. The average molecular weight is 312 g/mol. The number of hydrogen-bond acceptors (Lipinski definition) is 5. The molecule has 0 amide bonds. The second-order valence-electron chi connectivity index (χ2n) is 5.32. The fraction of sp³-hybridized carbons (Fsp3) is 0.250. The molecule has 0 spiro atoms. The summed E-state index contributed by atoms with van der Waals surface area (Å²) in [6.07, 6.45) is 0. The molecule has 23 heavy (non-hydrogen) atoms. The van der Waals surface area contributed by atoms with E-state index in [1.165, 1.54) is 0 Å². The molecular formula is C16H16N4O3. The van der Waals surface area contributed by atoms with Gasteiger partial charge >= 0.3 is 5.69 Å². The van der Waals surface area contributed by atoms with Gasteiger partial charge < -0.3 is 4.42 Å². The van der Waals surface area contributed by atoms with Gasteiger partial charge in [0.15, 0.2) is 0 Å². The molecule has 3 aromatic rings. The lowest BCUT2D eigenvalue weighted by Crippen LogP contribution is -2.05. The summed E-state index contributed by atoms with van der Waals surface area (Å²) in [6.45, 7) is 5.48. The highest BCUT2D eigenvalue weighted by Crippen LogP contribution is 2.25. The molecule has 0 fully saturated rings. The van der Waals surface area contributed by atoms with E-state index in [4.69, 9.17) is 4.42 Å². The van der Waals surface area contributed by atoms with Crippen LogP contribution in [0.5, 0.6) is 0 Å². The van der Waals surface area contributed by atoms with Gasteiger partial charge in [0.25, 0.3) is 0 Å². The van der Waals surface area contributed by atoms with Crippen LogP contribution in [0.2, 0.25) is 0 Å². The number of oxazole rings is 1. The minimum absolute atomic E-state index is 0.0504. The van der Waals surface area contributed by atoms with Crippen molar-refractivity contribution in [3.05, 3.63) is 63.3 Å². The van der Waals surface area contributed by atoms with E-state index >= 15 is 0 Å². The molecule has 0 saturated heterocycles. The summed E-state index contributed by atoms with van der Waals surface area (Å²) in [5.41, 5.74) is 2.56. The Hall–Kier alpha value is -2.96. The van der Waals surface area contributed by atoms with Gasteiger partial charge in [-0.15, -0.1) is 0 Å². The maximum absolute atomic E-state index is 11.1. The van der Waals surface area contributed by atoms with Crippen molar-refractivity contribution >= 4 is 5.69 Å². The Morgan fingerprint density at radius 1 is 1.22 bits per heavy atom. The lowest BCUT2D eigenvalue weighted by atomic mass is 10.2. The second kappa shape index (κ2) is 5.68. The van der Waals surface area contributed by atoms with E-state index in [1.807, 2.05) is 37.3 Å². The Morgan fingerprint density at radius 3 is 2.52 bits per heavy atom. The SMILES string of the molecule is Cc1nn(Cc2nc(-c3ccccc3)oc2C)c(C)c1[N+](=O)[O-]. The van der Waals surface area contributed by atoms with E-state index in [1.54, 1.807) is 18.5 Å². The van der Waals surface area contributed by atoms with Crippen molar-refractivity contribution in [2.24, 2.45) is 0 Å². The largest absolute Gasteiger partial charge is 0.441 e. The van der Waals surface area contributed by atoms with Crippen LogP contribution in [-0.2, 0) is 6.54 Å². The van der Waals surface area contributed by atoms with Crippen LogP contribution in [0.1, 0.15) is 22.8 Å². The number of hydrogen-bond donors (Lipinski definition) is 0. The van der Waals surface area contributed by atoms with E-state index in [2.05, 4.69) is 10.1 Å². The molecule has 0 N–H and O–H groups in total. The molecule has 0 aliphatic heterocycles. The Bertz CT molecular complexity index is 865. The van der Waals surface area contributed by atoms with Crippen LogP contribution < -0.4 is 0 Å². The fourth-order valence-corrected chi connectivity index (χ4v) is 2.53. The quantitative estimate of drug-likeness (QED) is 0.544. The molecule has 0 bridgehead atoms. The van der Waals surface area contributed by atoms with Crippen molar-refractivity contribution in [3.8, 4) is 11.5 Å². The highest BCUT2D eigenvalue weighted by atomic mass is 16.6. The molecule has 2 aromatic heterocycles. The number of aromatic nitrogens is 3. The molecule has 2 heterocycles. The topological polar surface area (TPSA) is 87.0 Å². The highest BCUT2D eigenvalue weighted by Gasteiger charge is 2.23. The molecule has 7 heteroatoms. The van der Waals surface area contributed by atoms with Crippen LogP contribution >= 0.6 is 0 Å². The van der Waals surface area contributed by atoms with Crippen LogP contribution in [-0.4, -0.2) is 19.7 Å². The van der Waals surface area contributed by atoms with Gasteiger partial charge in [-0.2, -0.15) is 5.10 Å². The van der Waals surface area contributed by atoms with E-state index in [-0.39, 0.29) is 5.69 Å². The third kappa shape index (κ3) is 2.73. The monoisotopic (exact) mass is 312 g/mol. The average Bonchev–Trinajstić information content (AvgIpc) is 3.01. The predicted octanol–water partition coefficient (Wildman–Crippen LogP) is 3.42. The van der Waals surface area contributed by atoms with Gasteiger partial charge in [-0.1, -0.05) is 18.2 Å². The minimum atomic E-state index is -0.404. The highest BCUT2D eigenvalue weighted by molar-refractivity contribution is 5.53. The molecule has 0 atom stereocenters. The zero-order chi connectivity index (χ0) is 16.6. The second-order valence-corrected chi connectivity index (χ2v) is 5.32. The maximum atomic E-state index is 11.1. The molecule has 0 radical (unpaired) electrons. The van der Waals surface area contributed by atoms with Crippen molar-refractivity contribution in [2.75, 3.05) is 0 Å². The van der Waals surface area contributed by atoms with Gasteiger partial charge in [0.2, 0.25) is 5.89 Å². The summed E-state index contributed by atoms with van der Waals surface area (Å²) in [4.78, 5) is 15.2. The number of benzene rings is 1. The molecule has 0 aliphatic carbocycles. The fourth-order valence-electron chi connectivity index (χ4n) is 2.53. The van der Waals surface area contributed by atoms with Crippen molar-refractivity contribution in [3.63, 3.8) is 0 Å². The summed E-state index contributed by atoms with van der Waals surface area (Å²) in [5, 5.41) is 15.3. The van der Waals surface area contributed by atoms with E-state index in [9.17, 15) is 10.1 Å². The molecule has 0 aliphatic rings. The van der Waals surface area contributed by atoms with Crippen molar-refractivity contribution in [1.82, 2.24) is 14.8 Å². The summed E-state index contributed by atoms with van der Waals surface area (Å²) >= 11 is 0. The molecule has 0 unspecified atom stereocenters. The van der Waals surface area contributed by atoms with Gasteiger partial charge in [0.1, 0.15) is 22.8 Å². The first-order valence-electron chi connectivity index (χ1n) is 7.17. The summed E-state index contributed by atoms with van der Waals surface area (Å²) in [5.74, 6) is 1.22. The number of nitro groups is 1. The molecule has 3 rings (SSSR count). The lowest BCUT2D eigenvalue weighted by molar-refractivity contribution is -0.386. The van der Waals surface area contributed by atoms with Crippen molar-refractivity contribution in [1.29, 1.82) is 0 Å². The van der Waals surface area contributed by atoms with E-state index in [0.29, 0.717) is 35.3 Å². The molecule has 1 aromatic carbocycles. The Balaban J connectivity index is 1.94. The molecule has 118 valence electrons.